The van der Waals surface area contributed by atoms with Gasteiger partial charge in [-0.1, -0.05) is 25.1 Å². The summed E-state index contributed by atoms with van der Waals surface area (Å²) in [5.41, 5.74) is 1.20. The molecule has 2 amide bonds. The highest BCUT2D eigenvalue weighted by molar-refractivity contribution is 7.17. The Balaban J connectivity index is 1.56. The van der Waals surface area contributed by atoms with Crippen LogP contribution in [0.2, 0.25) is 0 Å². The molecule has 112 valence electrons. The van der Waals surface area contributed by atoms with E-state index in [1.165, 1.54) is 15.6 Å². The second kappa shape index (κ2) is 6.45. The third-order valence-corrected chi connectivity index (χ3v) is 5.11. The molecule has 1 N–H and O–H groups in total. The molecule has 21 heavy (non-hydrogen) atoms. The van der Waals surface area contributed by atoms with Crippen molar-refractivity contribution >= 4 is 27.5 Å². The normalized spacial score (nSPS) is 16.3. The van der Waals surface area contributed by atoms with Crippen molar-refractivity contribution in [3.05, 3.63) is 35.2 Å². The number of thiophene rings is 1. The molecular formula is C16H21N3OS. The number of nitrogens with one attached hydrogen (secondary N) is 1. The van der Waals surface area contributed by atoms with Crippen LogP contribution in [0.4, 0.5) is 4.79 Å². The lowest BCUT2D eigenvalue weighted by atomic mass is 10.2. The summed E-state index contributed by atoms with van der Waals surface area (Å²) in [6, 6.07) is 8.39. The zero-order valence-electron chi connectivity index (χ0n) is 12.3. The molecule has 1 fully saturated rings. The van der Waals surface area contributed by atoms with Gasteiger partial charge < -0.3 is 15.1 Å². The largest absolute Gasteiger partial charge is 0.334 e. The van der Waals surface area contributed by atoms with Gasteiger partial charge in [0, 0.05) is 37.4 Å². The number of hydrogen-bond donors (Lipinski definition) is 1. The zero-order chi connectivity index (χ0) is 14.7. The molecule has 2 aromatic rings. The van der Waals surface area contributed by atoms with Gasteiger partial charge in [-0.25, -0.2) is 4.79 Å². The third kappa shape index (κ3) is 3.19. The Hall–Kier alpha value is -1.59. The SMILES string of the molecule is CCN1CCN(C(=O)NCc2csc3ccccc23)CC1. The van der Waals surface area contributed by atoms with Crippen LogP contribution in [0.3, 0.4) is 0 Å². The summed E-state index contributed by atoms with van der Waals surface area (Å²) < 4.78 is 1.28. The van der Waals surface area contributed by atoms with E-state index in [1.54, 1.807) is 11.3 Å². The molecule has 1 saturated heterocycles. The maximum Gasteiger partial charge on any atom is 0.317 e. The average Bonchev–Trinajstić information content (AvgIpc) is 2.96. The Morgan fingerprint density at radius 2 is 2.00 bits per heavy atom. The van der Waals surface area contributed by atoms with E-state index in [2.05, 4.69) is 40.7 Å². The number of rotatable bonds is 3. The van der Waals surface area contributed by atoms with Crippen molar-refractivity contribution in [2.24, 2.45) is 0 Å². The van der Waals surface area contributed by atoms with E-state index < -0.39 is 0 Å². The Kier molecular flexibility index (Phi) is 4.41. The lowest BCUT2D eigenvalue weighted by Crippen LogP contribution is -2.51. The molecule has 0 bridgehead atoms. The highest BCUT2D eigenvalue weighted by Crippen LogP contribution is 2.25. The van der Waals surface area contributed by atoms with E-state index in [1.807, 2.05) is 11.0 Å². The molecule has 5 heteroatoms. The van der Waals surface area contributed by atoms with E-state index in [9.17, 15) is 4.79 Å². The van der Waals surface area contributed by atoms with Gasteiger partial charge in [-0.15, -0.1) is 11.3 Å². The summed E-state index contributed by atoms with van der Waals surface area (Å²) in [6.45, 7) is 7.44. The maximum atomic E-state index is 12.2. The quantitative estimate of drug-likeness (QED) is 0.946. The lowest BCUT2D eigenvalue weighted by Gasteiger charge is -2.33. The lowest BCUT2D eigenvalue weighted by molar-refractivity contribution is 0.143. The number of fused-ring (bicyclic) bond motifs is 1. The predicted octanol–water partition coefficient (Wildman–Crippen LogP) is 2.75. The van der Waals surface area contributed by atoms with Crippen LogP contribution in [-0.2, 0) is 6.54 Å². The molecular weight excluding hydrogens is 282 g/mol. The van der Waals surface area contributed by atoms with Crippen molar-refractivity contribution in [3.63, 3.8) is 0 Å². The smallest absolute Gasteiger partial charge is 0.317 e. The summed E-state index contributed by atoms with van der Waals surface area (Å²) in [4.78, 5) is 16.5. The van der Waals surface area contributed by atoms with E-state index in [-0.39, 0.29) is 6.03 Å². The fraction of sp³-hybridized carbons (Fsp3) is 0.438. The minimum atomic E-state index is 0.0565. The molecule has 0 saturated carbocycles. The molecule has 3 rings (SSSR count). The van der Waals surface area contributed by atoms with E-state index in [0.29, 0.717) is 6.54 Å². The number of carbonyl (C=O) groups excluding carboxylic acids is 1. The second-order valence-electron chi connectivity index (χ2n) is 5.34. The molecule has 0 radical (unpaired) electrons. The number of benzene rings is 1. The van der Waals surface area contributed by atoms with Crippen molar-refractivity contribution in [2.75, 3.05) is 32.7 Å². The van der Waals surface area contributed by atoms with Crippen LogP contribution < -0.4 is 5.32 Å². The molecule has 1 aromatic carbocycles. The van der Waals surface area contributed by atoms with Gasteiger partial charge in [0.05, 0.1) is 0 Å². The van der Waals surface area contributed by atoms with Crippen molar-refractivity contribution in [1.82, 2.24) is 15.1 Å². The van der Waals surface area contributed by atoms with Gasteiger partial charge in [-0.3, -0.25) is 0 Å². The number of carbonyl (C=O) groups is 1. The van der Waals surface area contributed by atoms with Gasteiger partial charge in [-0.05, 0) is 28.9 Å². The van der Waals surface area contributed by atoms with E-state index in [0.717, 1.165) is 32.7 Å². The van der Waals surface area contributed by atoms with Crippen LogP contribution in [0.1, 0.15) is 12.5 Å². The summed E-state index contributed by atoms with van der Waals surface area (Å²) in [7, 11) is 0. The Labute approximate surface area is 129 Å². The number of amides is 2. The Bertz CT molecular complexity index is 617. The number of hydrogen-bond acceptors (Lipinski definition) is 3. The van der Waals surface area contributed by atoms with Crippen LogP contribution in [-0.4, -0.2) is 48.6 Å². The predicted molar refractivity (Wildman–Crippen MR) is 87.7 cm³/mol. The molecule has 2 heterocycles. The monoisotopic (exact) mass is 303 g/mol. The maximum absolute atomic E-state index is 12.2. The average molecular weight is 303 g/mol. The summed E-state index contributed by atoms with van der Waals surface area (Å²) in [6.07, 6.45) is 0. The number of nitrogens with zero attached hydrogens (tertiary/aromatic N) is 2. The fourth-order valence-electron chi connectivity index (χ4n) is 2.72. The highest BCUT2D eigenvalue weighted by atomic mass is 32.1. The van der Waals surface area contributed by atoms with Crippen LogP contribution >= 0.6 is 11.3 Å². The van der Waals surface area contributed by atoms with E-state index in [4.69, 9.17) is 0 Å². The van der Waals surface area contributed by atoms with Gasteiger partial charge in [0.25, 0.3) is 0 Å². The first kappa shape index (κ1) is 14.4. The Morgan fingerprint density at radius 3 is 2.76 bits per heavy atom. The first-order valence-electron chi connectivity index (χ1n) is 7.48. The molecule has 0 atom stereocenters. The first-order valence-corrected chi connectivity index (χ1v) is 8.36. The topological polar surface area (TPSA) is 35.6 Å². The van der Waals surface area contributed by atoms with Crippen LogP contribution in [0.15, 0.2) is 29.6 Å². The molecule has 4 nitrogen and oxygen atoms in total. The van der Waals surface area contributed by atoms with Gasteiger partial charge in [0.2, 0.25) is 0 Å². The summed E-state index contributed by atoms with van der Waals surface area (Å²) in [5.74, 6) is 0. The summed E-state index contributed by atoms with van der Waals surface area (Å²) in [5, 5.41) is 6.44. The van der Waals surface area contributed by atoms with Crippen molar-refractivity contribution in [2.45, 2.75) is 13.5 Å². The number of piperazine rings is 1. The van der Waals surface area contributed by atoms with Crippen molar-refractivity contribution in [1.29, 1.82) is 0 Å². The Morgan fingerprint density at radius 1 is 1.24 bits per heavy atom. The van der Waals surface area contributed by atoms with Gasteiger partial charge in [0.15, 0.2) is 0 Å². The zero-order valence-corrected chi connectivity index (χ0v) is 13.2. The van der Waals surface area contributed by atoms with Gasteiger partial charge in [-0.2, -0.15) is 0 Å². The van der Waals surface area contributed by atoms with Crippen molar-refractivity contribution in [3.8, 4) is 0 Å². The number of urea groups is 1. The minimum Gasteiger partial charge on any atom is -0.334 e. The molecule has 1 aromatic heterocycles. The third-order valence-electron chi connectivity index (χ3n) is 4.10. The molecule has 1 aliphatic rings. The molecule has 0 unspecified atom stereocenters. The van der Waals surface area contributed by atoms with E-state index >= 15 is 0 Å². The van der Waals surface area contributed by atoms with Crippen molar-refractivity contribution < 1.29 is 4.79 Å². The second-order valence-corrected chi connectivity index (χ2v) is 6.25. The molecule has 0 spiro atoms. The standard InChI is InChI=1S/C16H21N3OS/c1-2-18-7-9-19(10-8-18)16(20)17-11-13-12-21-15-6-4-3-5-14(13)15/h3-6,12H,2,7-11H2,1H3,(H,17,20). The van der Waals surface area contributed by atoms with Crippen LogP contribution in [0.25, 0.3) is 10.1 Å². The van der Waals surface area contributed by atoms with Gasteiger partial charge in [0.1, 0.15) is 0 Å². The highest BCUT2D eigenvalue weighted by Gasteiger charge is 2.19. The van der Waals surface area contributed by atoms with Gasteiger partial charge >= 0.3 is 6.03 Å². The fourth-order valence-corrected chi connectivity index (χ4v) is 3.68. The van der Waals surface area contributed by atoms with Crippen LogP contribution in [0.5, 0.6) is 0 Å². The molecule has 1 aliphatic heterocycles. The first-order chi connectivity index (χ1) is 10.3. The summed E-state index contributed by atoms with van der Waals surface area (Å²) >= 11 is 1.73. The minimum absolute atomic E-state index is 0.0565. The van der Waals surface area contributed by atoms with Crippen LogP contribution in [0, 0.1) is 0 Å². The molecule has 0 aliphatic carbocycles. The number of likely N-dealkylation sites (N-methyl/N-ethyl adjacent to an activating group) is 1.